The molecule has 0 aliphatic heterocycles. The lowest BCUT2D eigenvalue weighted by atomic mass is 9.84. The minimum Gasteiger partial charge on any atom is -0.267 e. The first-order valence-corrected chi connectivity index (χ1v) is 12.5. The summed E-state index contributed by atoms with van der Waals surface area (Å²) in [4.78, 5) is 18.9. The van der Waals surface area contributed by atoms with Gasteiger partial charge in [0.1, 0.15) is 0 Å². The van der Waals surface area contributed by atoms with Crippen LogP contribution in [0, 0.1) is 0 Å². The number of hydrogen-bond acceptors (Lipinski definition) is 4. The number of nitrogens with zero attached hydrogens (tertiary/aromatic N) is 2. The van der Waals surface area contributed by atoms with E-state index < -0.39 is 0 Å². The molecular weight excluding hydrogens is 426 g/mol. The first-order valence-electron chi connectivity index (χ1n) is 11.6. The normalized spacial score (nSPS) is 15.0. The lowest BCUT2D eigenvalue weighted by Crippen LogP contribution is -2.20. The Morgan fingerprint density at radius 2 is 1.79 bits per heavy atom. The van der Waals surface area contributed by atoms with Crippen molar-refractivity contribution in [3.8, 4) is 10.6 Å². The molecule has 2 heterocycles. The molecule has 4 nitrogen and oxygen atoms in total. The number of nitrogens with one attached hydrogen (secondary N) is 1. The number of para-hydroxylation sites is 1. The average Bonchev–Trinajstić information content (AvgIpc) is 3.42. The minimum absolute atomic E-state index is 0.232. The number of hydrazone groups is 1. The first kappa shape index (κ1) is 21.5. The van der Waals surface area contributed by atoms with Crippen LogP contribution in [0.15, 0.2) is 77.2 Å². The fourth-order valence-electron chi connectivity index (χ4n) is 4.61. The second-order valence-electron chi connectivity index (χ2n) is 8.64. The average molecular weight is 454 g/mol. The van der Waals surface area contributed by atoms with E-state index >= 15 is 0 Å². The molecule has 1 N–H and O–H groups in total. The van der Waals surface area contributed by atoms with Gasteiger partial charge in [0, 0.05) is 5.39 Å². The summed E-state index contributed by atoms with van der Waals surface area (Å²) in [5, 5.41) is 7.24. The van der Waals surface area contributed by atoms with E-state index in [1.165, 1.54) is 37.7 Å². The molecule has 1 saturated carbocycles. The van der Waals surface area contributed by atoms with E-state index in [4.69, 9.17) is 4.98 Å². The van der Waals surface area contributed by atoms with Gasteiger partial charge in [0.15, 0.2) is 0 Å². The van der Waals surface area contributed by atoms with Crippen LogP contribution in [0.4, 0.5) is 0 Å². The highest BCUT2D eigenvalue weighted by Crippen LogP contribution is 2.32. The fourth-order valence-corrected chi connectivity index (χ4v) is 5.29. The first-order chi connectivity index (χ1) is 16.2. The van der Waals surface area contributed by atoms with Gasteiger partial charge in [0.25, 0.3) is 5.91 Å². The van der Waals surface area contributed by atoms with Crippen LogP contribution in [0.3, 0.4) is 0 Å². The number of aromatic nitrogens is 1. The molecule has 0 unspecified atom stereocenters. The Morgan fingerprint density at radius 1 is 1.00 bits per heavy atom. The van der Waals surface area contributed by atoms with Crippen LogP contribution in [0.1, 0.15) is 66.4 Å². The third-order valence-corrected chi connectivity index (χ3v) is 7.36. The van der Waals surface area contributed by atoms with Crippen LogP contribution in [-0.4, -0.2) is 16.6 Å². The van der Waals surface area contributed by atoms with Crippen molar-refractivity contribution in [3.63, 3.8) is 0 Å². The molecular formula is C28H27N3OS. The van der Waals surface area contributed by atoms with Gasteiger partial charge in [-0.1, -0.05) is 67.8 Å². The standard InChI is InChI=1S/C28H27N3OS/c1-19(20-13-15-22(16-14-20)21-8-3-2-4-9-21)30-31-28(32)24-18-26(27-12-7-17-33-27)29-25-11-6-5-10-23(24)25/h5-7,10-18,21H,2-4,8-9H2,1H3,(H,31,32)/b30-19-. The van der Waals surface area contributed by atoms with Gasteiger partial charge >= 0.3 is 0 Å². The van der Waals surface area contributed by atoms with Gasteiger partial charge in [-0.05, 0) is 60.4 Å². The Kier molecular flexibility index (Phi) is 6.31. The van der Waals surface area contributed by atoms with E-state index in [2.05, 4.69) is 34.8 Å². The van der Waals surface area contributed by atoms with Crippen LogP contribution < -0.4 is 5.43 Å². The Labute approximate surface area is 198 Å². The molecule has 5 rings (SSSR count). The van der Waals surface area contributed by atoms with Gasteiger partial charge < -0.3 is 0 Å². The van der Waals surface area contributed by atoms with E-state index in [0.29, 0.717) is 11.5 Å². The Balaban J connectivity index is 1.37. The van der Waals surface area contributed by atoms with Crippen LogP contribution in [0.25, 0.3) is 21.5 Å². The predicted molar refractivity (Wildman–Crippen MR) is 137 cm³/mol. The summed E-state index contributed by atoms with van der Waals surface area (Å²) in [5.74, 6) is 0.451. The van der Waals surface area contributed by atoms with E-state index in [1.54, 1.807) is 11.3 Å². The number of hydrogen-bond donors (Lipinski definition) is 1. The van der Waals surface area contributed by atoms with Gasteiger partial charge in [-0.3, -0.25) is 4.79 Å². The molecule has 33 heavy (non-hydrogen) atoms. The van der Waals surface area contributed by atoms with E-state index in [9.17, 15) is 4.79 Å². The maximum Gasteiger partial charge on any atom is 0.272 e. The maximum absolute atomic E-state index is 13.1. The molecule has 166 valence electrons. The van der Waals surface area contributed by atoms with Gasteiger partial charge in [-0.25, -0.2) is 10.4 Å². The second-order valence-corrected chi connectivity index (χ2v) is 9.59. The number of amides is 1. The molecule has 1 aliphatic carbocycles. The van der Waals surface area contributed by atoms with E-state index in [0.717, 1.165) is 32.7 Å². The highest BCUT2D eigenvalue weighted by molar-refractivity contribution is 7.13. The van der Waals surface area contributed by atoms with Gasteiger partial charge in [-0.2, -0.15) is 5.10 Å². The van der Waals surface area contributed by atoms with Crippen molar-refractivity contribution in [3.05, 3.63) is 88.8 Å². The van der Waals surface area contributed by atoms with E-state index in [-0.39, 0.29) is 5.91 Å². The monoisotopic (exact) mass is 453 g/mol. The lowest BCUT2D eigenvalue weighted by Gasteiger charge is -2.22. The molecule has 1 fully saturated rings. The smallest absolute Gasteiger partial charge is 0.267 e. The quantitative estimate of drug-likeness (QED) is 0.257. The number of benzene rings is 2. The molecule has 0 atom stereocenters. The number of pyridine rings is 1. The van der Waals surface area contributed by atoms with Crippen molar-refractivity contribution in [1.29, 1.82) is 0 Å². The van der Waals surface area contributed by atoms with Crippen molar-refractivity contribution in [2.24, 2.45) is 5.10 Å². The van der Waals surface area contributed by atoms with Crippen molar-refractivity contribution in [2.45, 2.75) is 44.9 Å². The van der Waals surface area contributed by atoms with E-state index in [1.807, 2.05) is 54.8 Å². The Hall–Kier alpha value is -3.31. The SMILES string of the molecule is C/C(=N/NC(=O)c1cc(-c2cccs2)nc2ccccc12)c1ccc(C2CCCCC2)cc1. The van der Waals surface area contributed by atoms with Crippen molar-refractivity contribution in [2.75, 3.05) is 0 Å². The Morgan fingerprint density at radius 3 is 2.55 bits per heavy atom. The zero-order chi connectivity index (χ0) is 22.6. The lowest BCUT2D eigenvalue weighted by molar-refractivity contribution is 0.0956. The van der Waals surface area contributed by atoms with Crippen LogP contribution in [0.2, 0.25) is 0 Å². The third-order valence-electron chi connectivity index (χ3n) is 6.46. The molecule has 0 saturated heterocycles. The molecule has 2 aromatic heterocycles. The summed E-state index contributed by atoms with van der Waals surface area (Å²) in [6.07, 6.45) is 6.60. The van der Waals surface area contributed by atoms with Gasteiger partial charge in [0.2, 0.25) is 0 Å². The van der Waals surface area contributed by atoms with Crippen LogP contribution in [0.5, 0.6) is 0 Å². The molecule has 1 amide bonds. The highest BCUT2D eigenvalue weighted by Gasteiger charge is 2.16. The van der Waals surface area contributed by atoms with Gasteiger partial charge in [-0.15, -0.1) is 11.3 Å². The molecule has 0 bridgehead atoms. The minimum atomic E-state index is -0.232. The molecule has 2 aromatic carbocycles. The number of carbonyl (C=O) groups is 1. The largest absolute Gasteiger partial charge is 0.272 e. The molecule has 0 spiro atoms. The Bertz CT molecular complexity index is 1290. The summed E-state index contributed by atoms with van der Waals surface area (Å²) in [6.45, 7) is 1.93. The number of carbonyl (C=O) groups excluding carboxylic acids is 1. The summed E-state index contributed by atoms with van der Waals surface area (Å²) < 4.78 is 0. The molecule has 0 radical (unpaired) electrons. The fraction of sp³-hybridized carbons (Fsp3) is 0.250. The number of thiophene rings is 1. The highest BCUT2D eigenvalue weighted by atomic mass is 32.1. The topological polar surface area (TPSA) is 54.4 Å². The zero-order valence-electron chi connectivity index (χ0n) is 18.8. The van der Waals surface area contributed by atoms with Crippen molar-refractivity contribution < 1.29 is 4.79 Å². The summed E-state index contributed by atoms with van der Waals surface area (Å²) >= 11 is 1.61. The molecule has 4 aromatic rings. The van der Waals surface area contributed by atoms with Crippen LogP contribution in [-0.2, 0) is 0 Å². The predicted octanol–water partition coefficient (Wildman–Crippen LogP) is 7.17. The van der Waals surface area contributed by atoms with Crippen molar-refractivity contribution in [1.82, 2.24) is 10.4 Å². The second kappa shape index (κ2) is 9.67. The summed E-state index contributed by atoms with van der Waals surface area (Å²) in [5.41, 5.74) is 8.16. The molecule has 1 aliphatic rings. The maximum atomic E-state index is 13.1. The van der Waals surface area contributed by atoms with Crippen LogP contribution >= 0.6 is 11.3 Å². The van der Waals surface area contributed by atoms with Gasteiger partial charge in [0.05, 0.1) is 27.4 Å². The number of rotatable bonds is 5. The van der Waals surface area contributed by atoms with Crippen molar-refractivity contribution >= 4 is 33.9 Å². The zero-order valence-corrected chi connectivity index (χ0v) is 19.6. The molecule has 5 heteroatoms. The summed E-state index contributed by atoms with van der Waals surface area (Å²) in [6, 6.07) is 22.3. The number of fused-ring (bicyclic) bond motifs is 1. The summed E-state index contributed by atoms with van der Waals surface area (Å²) in [7, 11) is 0. The third kappa shape index (κ3) is 4.74.